The number of carbonyl (C=O) groups is 2. The highest BCUT2D eigenvalue weighted by molar-refractivity contribution is 8.03. The summed E-state index contributed by atoms with van der Waals surface area (Å²) in [6.45, 7) is 1.93. The van der Waals surface area contributed by atoms with Crippen molar-refractivity contribution in [1.29, 1.82) is 5.26 Å². The number of rotatable bonds is 5. The molecule has 1 aliphatic heterocycles. The monoisotopic (exact) mass is 395 g/mol. The molecular weight excluding hydrogens is 377 g/mol. The van der Waals surface area contributed by atoms with Gasteiger partial charge in [-0.2, -0.15) is 5.26 Å². The van der Waals surface area contributed by atoms with Crippen LogP contribution < -0.4 is 10.6 Å². The number of carbonyl (C=O) groups excluding carboxylic acids is 2. The molecule has 1 aliphatic rings. The van der Waals surface area contributed by atoms with E-state index < -0.39 is 11.7 Å². The van der Waals surface area contributed by atoms with Gasteiger partial charge in [-0.05, 0) is 36.2 Å². The largest absolute Gasteiger partial charge is 0.325 e. The fraction of sp³-hybridized carbons (Fsp3) is 0.190. The van der Waals surface area contributed by atoms with Crippen molar-refractivity contribution in [2.45, 2.75) is 19.3 Å². The van der Waals surface area contributed by atoms with Gasteiger partial charge in [-0.1, -0.05) is 42.1 Å². The van der Waals surface area contributed by atoms with Gasteiger partial charge in [0.1, 0.15) is 5.82 Å². The van der Waals surface area contributed by atoms with E-state index in [9.17, 15) is 19.2 Å². The van der Waals surface area contributed by atoms with Crippen LogP contribution in [0.1, 0.15) is 23.5 Å². The number of nitriles is 1. The van der Waals surface area contributed by atoms with Crippen molar-refractivity contribution < 1.29 is 14.0 Å². The molecule has 0 fully saturated rings. The van der Waals surface area contributed by atoms with E-state index in [1.807, 2.05) is 25.1 Å². The molecule has 1 unspecified atom stereocenters. The summed E-state index contributed by atoms with van der Waals surface area (Å²) in [6.07, 6.45) is -0.0105. The van der Waals surface area contributed by atoms with Gasteiger partial charge in [-0.3, -0.25) is 9.59 Å². The number of nitrogens with zero attached hydrogens (tertiary/aromatic N) is 1. The van der Waals surface area contributed by atoms with E-state index in [4.69, 9.17) is 0 Å². The lowest BCUT2D eigenvalue weighted by atomic mass is 9.87. The summed E-state index contributed by atoms with van der Waals surface area (Å²) in [5.41, 5.74) is 2.26. The molecule has 0 bridgehead atoms. The third kappa shape index (κ3) is 4.59. The van der Waals surface area contributed by atoms with Crippen LogP contribution >= 0.6 is 11.8 Å². The molecule has 0 radical (unpaired) electrons. The summed E-state index contributed by atoms with van der Waals surface area (Å²) in [4.78, 5) is 24.4. The highest BCUT2D eigenvalue weighted by atomic mass is 32.2. The summed E-state index contributed by atoms with van der Waals surface area (Å²) < 4.78 is 14.2. The number of aryl methyl sites for hydroxylation is 1. The Bertz CT molecular complexity index is 997. The molecule has 0 aromatic heterocycles. The lowest BCUT2D eigenvalue weighted by Gasteiger charge is -2.25. The maximum atomic E-state index is 14.2. The smallest absolute Gasteiger partial charge is 0.234 e. The van der Waals surface area contributed by atoms with E-state index in [2.05, 4.69) is 16.7 Å². The van der Waals surface area contributed by atoms with Gasteiger partial charge in [-0.15, -0.1) is 0 Å². The summed E-state index contributed by atoms with van der Waals surface area (Å²) in [6, 6.07) is 15.6. The first-order chi connectivity index (χ1) is 13.5. The van der Waals surface area contributed by atoms with Crippen molar-refractivity contribution in [2.24, 2.45) is 0 Å². The molecule has 142 valence electrons. The lowest BCUT2D eigenvalue weighted by molar-refractivity contribution is -0.121. The summed E-state index contributed by atoms with van der Waals surface area (Å²) in [7, 11) is 0. The number of hydrogen-bond acceptors (Lipinski definition) is 4. The number of benzene rings is 2. The Hall–Kier alpha value is -3.11. The zero-order valence-corrected chi connectivity index (χ0v) is 16.0. The lowest BCUT2D eigenvalue weighted by Crippen LogP contribution is -2.31. The van der Waals surface area contributed by atoms with Crippen molar-refractivity contribution >= 4 is 29.3 Å². The first kappa shape index (κ1) is 19.6. The predicted octanol–water partition coefficient (Wildman–Crippen LogP) is 3.84. The minimum atomic E-state index is -0.665. The Morgan fingerprint density at radius 1 is 1.32 bits per heavy atom. The van der Waals surface area contributed by atoms with Crippen molar-refractivity contribution in [1.82, 2.24) is 5.32 Å². The minimum Gasteiger partial charge on any atom is -0.325 e. The Morgan fingerprint density at radius 2 is 2.11 bits per heavy atom. The number of allylic oxidation sites excluding steroid dienone is 1. The first-order valence-corrected chi connectivity index (χ1v) is 9.64. The van der Waals surface area contributed by atoms with Crippen LogP contribution in [0.3, 0.4) is 0 Å². The van der Waals surface area contributed by atoms with Crippen LogP contribution in [0, 0.1) is 24.1 Å². The number of amides is 2. The molecule has 7 heteroatoms. The quantitative estimate of drug-likeness (QED) is 0.806. The van der Waals surface area contributed by atoms with Gasteiger partial charge < -0.3 is 10.6 Å². The van der Waals surface area contributed by atoms with Crippen LogP contribution in [0.25, 0.3) is 0 Å². The molecule has 1 atom stereocenters. The molecule has 0 aliphatic carbocycles. The van der Waals surface area contributed by atoms with Crippen LogP contribution in [-0.2, 0) is 9.59 Å². The predicted molar refractivity (Wildman–Crippen MR) is 107 cm³/mol. The minimum absolute atomic E-state index is 0.0105. The Labute approximate surface area is 166 Å². The molecule has 0 saturated heterocycles. The molecule has 2 aromatic rings. The second kappa shape index (κ2) is 8.72. The maximum absolute atomic E-state index is 14.2. The van der Waals surface area contributed by atoms with Crippen molar-refractivity contribution in [2.75, 3.05) is 11.1 Å². The number of halogens is 1. The summed E-state index contributed by atoms with van der Waals surface area (Å²) in [5.74, 6) is -1.69. The Kier molecular flexibility index (Phi) is 6.12. The topological polar surface area (TPSA) is 82.0 Å². The standard InChI is InChI=1S/C21H18FN3O2S/c1-13-5-4-6-14(9-13)24-20(27)12-28-21-17(11-23)16(10-19(26)25-21)15-7-2-3-8-18(15)22/h2-9,16H,10,12H2,1H3,(H,24,27)(H,25,26). The molecule has 2 N–H and O–H groups in total. The van der Waals surface area contributed by atoms with Gasteiger partial charge in [0.2, 0.25) is 11.8 Å². The van der Waals surface area contributed by atoms with Gasteiger partial charge >= 0.3 is 0 Å². The molecule has 28 heavy (non-hydrogen) atoms. The Balaban J connectivity index is 1.77. The van der Waals surface area contributed by atoms with E-state index in [1.54, 1.807) is 24.3 Å². The number of nitrogens with one attached hydrogen (secondary N) is 2. The first-order valence-electron chi connectivity index (χ1n) is 8.66. The molecular formula is C21H18FN3O2S. The molecule has 5 nitrogen and oxygen atoms in total. The zero-order valence-electron chi connectivity index (χ0n) is 15.2. The van der Waals surface area contributed by atoms with Gasteiger partial charge in [0.05, 0.1) is 22.4 Å². The number of anilines is 1. The molecule has 1 heterocycles. The highest BCUT2D eigenvalue weighted by Gasteiger charge is 2.31. The van der Waals surface area contributed by atoms with E-state index in [-0.39, 0.29) is 29.6 Å². The van der Waals surface area contributed by atoms with E-state index in [1.165, 1.54) is 6.07 Å². The third-order valence-electron chi connectivity index (χ3n) is 4.29. The average Bonchev–Trinajstić information content (AvgIpc) is 2.66. The van der Waals surface area contributed by atoms with Crippen LogP contribution in [0.2, 0.25) is 0 Å². The number of hydrogen-bond donors (Lipinski definition) is 2. The van der Waals surface area contributed by atoms with E-state index in [0.717, 1.165) is 17.3 Å². The zero-order chi connectivity index (χ0) is 20.1. The fourth-order valence-electron chi connectivity index (χ4n) is 3.01. The molecule has 2 aromatic carbocycles. The second-order valence-electron chi connectivity index (χ2n) is 6.39. The molecule has 2 amide bonds. The summed E-state index contributed by atoms with van der Waals surface area (Å²) in [5, 5.41) is 15.3. The van der Waals surface area contributed by atoms with Crippen LogP contribution in [-0.4, -0.2) is 17.6 Å². The van der Waals surface area contributed by atoms with Crippen molar-refractivity contribution in [3.8, 4) is 6.07 Å². The van der Waals surface area contributed by atoms with Gasteiger partial charge in [0.15, 0.2) is 0 Å². The van der Waals surface area contributed by atoms with Gasteiger partial charge in [-0.25, -0.2) is 4.39 Å². The van der Waals surface area contributed by atoms with E-state index >= 15 is 0 Å². The summed E-state index contributed by atoms with van der Waals surface area (Å²) >= 11 is 1.06. The average molecular weight is 395 g/mol. The SMILES string of the molecule is Cc1cccc(NC(=O)CSC2=C(C#N)C(c3ccccc3F)CC(=O)N2)c1. The molecule has 0 saturated carbocycles. The van der Waals surface area contributed by atoms with E-state index in [0.29, 0.717) is 16.3 Å². The van der Waals surface area contributed by atoms with Gasteiger partial charge in [0.25, 0.3) is 0 Å². The van der Waals surface area contributed by atoms with Gasteiger partial charge in [0, 0.05) is 18.0 Å². The third-order valence-corrected chi connectivity index (χ3v) is 5.30. The van der Waals surface area contributed by atoms with Crippen molar-refractivity contribution in [3.05, 3.63) is 76.1 Å². The fourth-order valence-corrected chi connectivity index (χ4v) is 3.89. The Morgan fingerprint density at radius 3 is 2.82 bits per heavy atom. The van der Waals surface area contributed by atoms with Crippen LogP contribution in [0.4, 0.5) is 10.1 Å². The number of thioether (sulfide) groups is 1. The highest BCUT2D eigenvalue weighted by Crippen LogP contribution is 2.36. The van der Waals surface area contributed by atoms with Crippen molar-refractivity contribution in [3.63, 3.8) is 0 Å². The molecule has 3 rings (SSSR count). The van der Waals surface area contributed by atoms with Crippen LogP contribution in [0.5, 0.6) is 0 Å². The molecule has 0 spiro atoms. The normalized spacial score (nSPS) is 16.3. The second-order valence-corrected chi connectivity index (χ2v) is 7.37. The van der Waals surface area contributed by atoms with Crippen LogP contribution in [0.15, 0.2) is 59.1 Å². The maximum Gasteiger partial charge on any atom is 0.234 e.